The van der Waals surface area contributed by atoms with Crippen molar-refractivity contribution in [2.24, 2.45) is 0 Å². The maximum atomic E-state index is 10.5. The minimum Gasteiger partial charge on any atom is -0.388 e. The molecule has 0 aromatic heterocycles. The second kappa shape index (κ2) is 6.37. The van der Waals surface area contributed by atoms with Gasteiger partial charge in [0.05, 0.1) is 6.10 Å². The zero-order valence-electron chi connectivity index (χ0n) is 11.0. The number of aliphatic hydroxyl groups excluding tert-OH is 1. The number of hydrogen-bond acceptors (Lipinski definition) is 1. The van der Waals surface area contributed by atoms with E-state index in [-0.39, 0.29) is 0 Å². The molecule has 0 radical (unpaired) electrons. The Morgan fingerprint density at radius 2 is 1.89 bits per heavy atom. The first-order valence-electron chi connectivity index (χ1n) is 6.16. The first kappa shape index (κ1) is 15.0. The largest absolute Gasteiger partial charge is 0.388 e. The van der Waals surface area contributed by atoms with Gasteiger partial charge in [-0.3, -0.25) is 0 Å². The molecule has 1 unspecified atom stereocenters. The van der Waals surface area contributed by atoms with Crippen LogP contribution in [0.15, 0.2) is 40.9 Å². The molecular weight excluding hydrogens is 415 g/mol. The average molecular weight is 431 g/mol. The molecule has 0 saturated carbocycles. The first-order valence-corrected chi connectivity index (χ1v) is 8.03. The van der Waals surface area contributed by atoms with E-state index in [2.05, 4.69) is 70.6 Å². The molecule has 0 bridgehead atoms. The number of hydrogen-bond donors (Lipinski definition) is 1. The number of rotatable bonds is 3. The molecule has 1 N–H and O–H groups in total. The molecule has 1 nitrogen and oxygen atoms in total. The predicted molar refractivity (Wildman–Crippen MR) is 91.4 cm³/mol. The highest BCUT2D eigenvalue weighted by Gasteiger charge is 2.13. The summed E-state index contributed by atoms with van der Waals surface area (Å²) < 4.78 is 2.10. The monoisotopic (exact) mass is 430 g/mol. The lowest BCUT2D eigenvalue weighted by Crippen LogP contribution is -2.04. The van der Waals surface area contributed by atoms with Crippen molar-refractivity contribution >= 4 is 38.5 Å². The smallest absolute Gasteiger partial charge is 0.0841 e. The molecule has 1 atom stereocenters. The zero-order valence-corrected chi connectivity index (χ0v) is 14.7. The summed E-state index contributed by atoms with van der Waals surface area (Å²) >= 11 is 5.78. The Morgan fingerprint density at radius 3 is 2.63 bits per heavy atom. The highest BCUT2D eigenvalue weighted by atomic mass is 127. The fourth-order valence-electron chi connectivity index (χ4n) is 2.11. The van der Waals surface area contributed by atoms with Crippen LogP contribution in [0.4, 0.5) is 0 Å². The molecule has 0 spiro atoms. The lowest BCUT2D eigenvalue weighted by atomic mass is 9.97. The fourth-order valence-corrected chi connectivity index (χ4v) is 3.13. The molecular formula is C16H16BrIO. The van der Waals surface area contributed by atoms with Crippen molar-refractivity contribution in [2.75, 3.05) is 0 Å². The van der Waals surface area contributed by atoms with Crippen LogP contribution in [0.1, 0.15) is 28.4 Å². The molecule has 2 rings (SSSR count). The Kier molecular flexibility index (Phi) is 5.03. The average Bonchev–Trinajstić information content (AvgIpc) is 2.36. The predicted octanol–water partition coefficient (Wildman–Crippen LogP) is 4.95. The van der Waals surface area contributed by atoms with Gasteiger partial charge in [0.1, 0.15) is 0 Å². The molecule has 0 amide bonds. The van der Waals surface area contributed by atoms with Gasteiger partial charge in [-0.25, -0.2) is 0 Å². The second-order valence-corrected chi connectivity index (χ2v) is 6.92. The second-order valence-electron chi connectivity index (χ2n) is 4.82. The van der Waals surface area contributed by atoms with Crippen LogP contribution in [0.25, 0.3) is 0 Å². The van der Waals surface area contributed by atoms with Gasteiger partial charge in [-0.2, -0.15) is 0 Å². The molecule has 0 aliphatic heterocycles. The summed E-state index contributed by atoms with van der Waals surface area (Å²) in [5, 5.41) is 10.5. The maximum Gasteiger partial charge on any atom is 0.0841 e. The van der Waals surface area contributed by atoms with E-state index in [4.69, 9.17) is 0 Å². The quantitative estimate of drug-likeness (QED) is 0.683. The van der Waals surface area contributed by atoms with Crippen molar-refractivity contribution < 1.29 is 5.11 Å². The summed E-state index contributed by atoms with van der Waals surface area (Å²) in [6.45, 7) is 4.17. The Labute approximate surface area is 136 Å². The van der Waals surface area contributed by atoms with Gasteiger partial charge in [0, 0.05) is 14.5 Å². The van der Waals surface area contributed by atoms with E-state index in [1.54, 1.807) is 0 Å². The molecule has 2 aromatic rings. The highest BCUT2D eigenvalue weighted by Crippen LogP contribution is 2.28. The van der Waals surface area contributed by atoms with Gasteiger partial charge in [0.15, 0.2) is 0 Å². The van der Waals surface area contributed by atoms with Crippen LogP contribution in [-0.2, 0) is 6.42 Å². The van der Waals surface area contributed by atoms with Crippen LogP contribution >= 0.6 is 38.5 Å². The lowest BCUT2D eigenvalue weighted by molar-refractivity contribution is 0.177. The first-order chi connectivity index (χ1) is 8.97. The number of halogens is 2. The van der Waals surface area contributed by atoms with E-state index in [0.29, 0.717) is 6.42 Å². The van der Waals surface area contributed by atoms with E-state index in [1.807, 2.05) is 18.2 Å². The fraction of sp³-hybridized carbons (Fsp3) is 0.250. The molecule has 0 heterocycles. The van der Waals surface area contributed by atoms with Crippen molar-refractivity contribution in [1.29, 1.82) is 0 Å². The Balaban J connectivity index is 2.27. The van der Waals surface area contributed by atoms with Crippen LogP contribution in [-0.4, -0.2) is 5.11 Å². The molecule has 0 fully saturated rings. The summed E-state index contributed by atoms with van der Waals surface area (Å²) in [5.41, 5.74) is 4.62. The van der Waals surface area contributed by atoms with Crippen molar-refractivity contribution in [2.45, 2.75) is 26.4 Å². The summed E-state index contributed by atoms with van der Waals surface area (Å²) in [6.07, 6.45) is 0.163. The van der Waals surface area contributed by atoms with E-state index in [1.165, 1.54) is 16.7 Å². The summed E-state index contributed by atoms with van der Waals surface area (Å²) in [6, 6.07) is 12.4. The standard InChI is InChI=1S/C16H16BrIO/c1-10-3-4-11(2)12(7-10)8-16(19)14-9-13(18)5-6-15(14)17/h3-7,9,16,19H,8H2,1-2H3. The van der Waals surface area contributed by atoms with Gasteiger partial charge >= 0.3 is 0 Å². The minimum atomic E-state index is -0.482. The van der Waals surface area contributed by atoms with E-state index in [0.717, 1.165) is 13.6 Å². The van der Waals surface area contributed by atoms with Crippen molar-refractivity contribution in [1.82, 2.24) is 0 Å². The zero-order chi connectivity index (χ0) is 14.0. The Hall–Kier alpha value is -0.390. The van der Waals surface area contributed by atoms with Gasteiger partial charge in [0.2, 0.25) is 0 Å². The Morgan fingerprint density at radius 1 is 1.16 bits per heavy atom. The third-order valence-corrected chi connectivity index (χ3v) is 4.63. The van der Waals surface area contributed by atoms with Gasteiger partial charge in [-0.1, -0.05) is 39.7 Å². The van der Waals surface area contributed by atoms with E-state index >= 15 is 0 Å². The van der Waals surface area contributed by atoms with Crippen molar-refractivity contribution in [3.8, 4) is 0 Å². The number of benzene rings is 2. The van der Waals surface area contributed by atoms with Gasteiger partial charge < -0.3 is 5.11 Å². The molecule has 19 heavy (non-hydrogen) atoms. The third-order valence-electron chi connectivity index (χ3n) is 3.23. The molecule has 2 aromatic carbocycles. The van der Waals surface area contributed by atoms with Crippen LogP contribution < -0.4 is 0 Å². The molecule has 100 valence electrons. The lowest BCUT2D eigenvalue weighted by Gasteiger charge is -2.15. The van der Waals surface area contributed by atoms with Crippen LogP contribution in [0.2, 0.25) is 0 Å². The summed E-state index contributed by atoms with van der Waals surface area (Å²) in [7, 11) is 0. The van der Waals surface area contributed by atoms with Gasteiger partial charge in [-0.05, 0) is 71.3 Å². The minimum absolute atomic E-state index is 0.482. The van der Waals surface area contributed by atoms with Crippen molar-refractivity contribution in [3.63, 3.8) is 0 Å². The third kappa shape index (κ3) is 3.80. The molecule has 0 aliphatic rings. The van der Waals surface area contributed by atoms with E-state index < -0.39 is 6.10 Å². The Bertz CT molecular complexity index is 595. The van der Waals surface area contributed by atoms with Gasteiger partial charge in [0.25, 0.3) is 0 Å². The normalized spacial score (nSPS) is 12.5. The highest BCUT2D eigenvalue weighted by molar-refractivity contribution is 14.1. The topological polar surface area (TPSA) is 20.2 Å². The number of aliphatic hydroxyl groups is 1. The maximum absolute atomic E-state index is 10.5. The van der Waals surface area contributed by atoms with Crippen LogP contribution in [0, 0.1) is 17.4 Å². The van der Waals surface area contributed by atoms with E-state index in [9.17, 15) is 5.11 Å². The molecule has 0 aliphatic carbocycles. The summed E-state index contributed by atoms with van der Waals surface area (Å²) in [5.74, 6) is 0. The molecule has 0 saturated heterocycles. The molecule has 3 heteroatoms. The van der Waals surface area contributed by atoms with Crippen molar-refractivity contribution in [3.05, 3.63) is 66.7 Å². The SMILES string of the molecule is Cc1ccc(C)c(CC(O)c2cc(I)ccc2Br)c1. The number of aryl methyl sites for hydroxylation is 2. The van der Waals surface area contributed by atoms with Crippen LogP contribution in [0.3, 0.4) is 0 Å². The van der Waals surface area contributed by atoms with Gasteiger partial charge in [-0.15, -0.1) is 0 Å². The van der Waals surface area contributed by atoms with Crippen LogP contribution in [0.5, 0.6) is 0 Å². The summed E-state index contributed by atoms with van der Waals surface area (Å²) in [4.78, 5) is 0.